The van der Waals surface area contributed by atoms with Crippen molar-refractivity contribution in [1.29, 1.82) is 0 Å². The van der Waals surface area contributed by atoms with Crippen molar-refractivity contribution in [1.82, 2.24) is 21.1 Å². The Morgan fingerprint density at radius 1 is 1.11 bits per heavy atom. The Bertz CT molecular complexity index is 612. The SMILES string of the molecule is O=C(NCC1(N2CCOCC2)CCCCC1)C1CC(c2ccccc2)NN1. The van der Waals surface area contributed by atoms with Crippen LogP contribution in [-0.4, -0.2) is 55.2 Å². The summed E-state index contributed by atoms with van der Waals surface area (Å²) in [5.41, 5.74) is 7.80. The predicted molar refractivity (Wildman–Crippen MR) is 105 cm³/mol. The summed E-state index contributed by atoms with van der Waals surface area (Å²) in [5.74, 6) is 0.110. The highest BCUT2D eigenvalue weighted by Gasteiger charge is 2.39. The molecule has 0 bridgehead atoms. The van der Waals surface area contributed by atoms with Crippen LogP contribution in [0.4, 0.5) is 0 Å². The van der Waals surface area contributed by atoms with E-state index in [0.29, 0.717) is 0 Å². The number of rotatable bonds is 5. The summed E-state index contributed by atoms with van der Waals surface area (Å²) in [6, 6.07) is 10.3. The van der Waals surface area contributed by atoms with Crippen LogP contribution in [0.3, 0.4) is 0 Å². The molecule has 2 aliphatic heterocycles. The average molecular weight is 373 g/mol. The lowest BCUT2D eigenvalue weighted by atomic mass is 9.79. The molecule has 6 heteroatoms. The van der Waals surface area contributed by atoms with Crippen molar-refractivity contribution in [3.63, 3.8) is 0 Å². The first-order chi connectivity index (χ1) is 13.3. The Balaban J connectivity index is 1.34. The van der Waals surface area contributed by atoms with Gasteiger partial charge in [-0.3, -0.25) is 9.69 Å². The molecule has 1 aromatic carbocycles. The summed E-state index contributed by atoms with van der Waals surface area (Å²) in [5, 5.41) is 3.28. The van der Waals surface area contributed by atoms with Crippen LogP contribution in [0.2, 0.25) is 0 Å². The molecule has 4 rings (SSSR count). The van der Waals surface area contributed by atoms with Gasteiger partial charge in [-0.05, 0) is 24.8 Å². The van der Waals surface area contributed by atoms with Gasteiger partial charge in [0.2, 0.25) is 5.91 Å². The molecule has 2 heterocycles. The molecule has 2 unspecified atom stereocenters. The van der Waals surface area contributed by atoms with E-state index in [0.717, 1.165) is 39.3 Å². The Morgan fingerprint density at radius 2 is 1.85 bits per heavy atom. The predicted octanol–water partition coefficient (Wildman–Crippen LogP) is 1.75. The van der Waals surface area contributed by atoms with Gasteiger partial charge < -0.3 is 10.1 Å². The van der Waals surface area contributed by atoms with Crippen LogP contribution in [0.15, 0.2) is 30.3 Å². The fraction of sp³-hybridized carbons (Fsp3) is 0.667. The largest absolute Gasteiger partial charge is 0.379 e. The first-order valence-electron chi connectivity index (χ1n) is 10.4. The average Bonchev–Trinajstić information content (AvgIpc) is 3.24. The number of carbonyl (C=O) groups excluding carboxylic acids is 1. The van der Waals surface area contributed by atoms with Crippen molar-refractivity contribution in [2.75, 3.05) is 32.8 Å². The van der Waals surface area contributed by atoms with Crippen molar-refractivity contribution in [3.8, 4) is 0 Å². The molecule has 3 N–H and O–H groups in total. The van der Waals surface area contributed by atoms with Crippen LogP contribution < -0.4 is 16.2 Å². The van der Waals surface area contributed by atoms with Gasteiger partial charge in [0.25, 0.3) is 0 Å². The van der Waals surface area contributed by atoms with E-state index in [1.807, 2.05) is 18.2 Å². The number of ether oxygens (including phenoxy) is 1. The molecule has 1 saturated carbocycles. The van der Waals surface area contributed by atoms with E-state index in [9.17, 15) is 4.79 Å². The van der Waals surface area contributed by atoms with Gasteiger partial charge in [0.05, 0.1) is 13.2 Å². The highest BCUT2D eigenvalue weighted by Crippen LogP contribution is 2.34. The smallest absolute Gasteiger partial charge is 0.238 e. The second-order valence-electron chi connectivity index (χ2n) is 8.14. The van der Waals surface area contributed by atoms with Gasteiger partial charge in [0.15, 0.2) is 0 Å². The number of carbonyl (C=O) groups is 1. The molecule has 6 nitrogen and oxygen atoms in total. The summed E-state index contributed by atoms with van der Waals surface area (Å²) in [6.07, 6.45) is 6.96. The second-order valence-corrected chi connectivity index (χ2v) is 8.14. The third-order valence-corrected chi connectivity index (χ3v) is 6.48. The number of benzene rings is 1. The third-order valence-electron chi connectivity index (χ3n) is 6.48. The zero-order valence-electron chi connectivity index (χ0n) is 16.1. The molecular formula is C21H32N4O2. The fourth-order valence-corrected chi connectivity index (χ4v) is 4.86. The van der Waals surface area contributed by atoms with E-state index in [1.165, 1.54) is 37.7 Å². The van der Waals surface area contributed by atoms with Gasteiger partial charge in [-0.25, -0.2) is 10.9 Å². The van der Waals surface area contributed by atoms with E-state index >= 15 is 0 Å². The van der Waals surface area contributed by atoms with Crippen molar-refractivity contribution in [3.05, 3.63) is 35.9 Å². The summed E-state index contributed by atoms with van der Waals surface area (Å²) < 4.78 is 5.55. The van der Waals surface area contributed by atoms with Gasteiger partial charge in [0.1, 0.15) is 6.04 Å². The van der Waals surface area contributed by atoms with Crippen molar-refractivity contribution >= 4 is 5.91 Å². The maximum Gasteiger partial charge on any atom is 0.238 e. The zero-order chi connectivity index (χ0) is 18.5. The molecule has 2 saturated heterocycles. The molecular weight excluding hydrogens is 340 g/mol. The number of nitrogens with one attached hydrogen (secondary N) is 3. The highest BCUT2D eigenvalue weighted by atomic mass is 16.5. The lowest BCUT2D eigenvalue weighted by Crippen LogP contribution is -2.60. The standard InChI is InChI=1S/C21H32N4O2/c26-20(19-15-18(23-24-19)17-7-3-1-4-8-17)22-16-21(9-5-2-6-10-21)25-11-13-27-14-12-25/h1,3-4,7-8,18-19,23-24H,2,5-6,9-16H2,(H,22,26). The lowest BCUT2D eigenvalue weighted by molar-refractivity contribution is -0.124. The monoisotopic (exact) mass is 372 g/mol. The number of nitrogens with zero attached hydrogens (tertiary/aromatic N) is 1. The van der Waals surface area contributed by atoms with Gasteiger partial charge in [-0.1, -0.05) is 49.6 Å². The molecule has 2 atom stereocenters. The molecule has 0 radical (unpaired) electrons. The van der Waals surface area contributed by atoms with Crippen LogP contribution in [0.1, 0.15) is 50.1 Å². The minimum Gasteiger partial charge on any atom is -0.379 e. The van der Waals surface area contributed by atoms with Gasteiger partial charge in [-0.2, -0.15) is 0 Å². The van der Waals surface area contributed by atoms with E-state index in [-0.39, 0.29) is 23.5 Å². The third kappa shape index (κ3) is 4.35. The Hall–Kier alpha value is -1.47. The molecule has 0 spiro atoms. The van der Waals surface area contributed by atoms with Crippen LogP contribution in [0.5, 0.6) is 0 Å². The summed E-state index contributed by atoms with van der Waals surface area (Å²) >= 11 is 0. The van der Waals surface area contributed by atoms with Crippen LogP contribution in [0, 0.1) is 0 Å². The Labute approximate surface area is 162 Å². The van der Waals surface area contributed by atoms with Gasteiger partial charge in [-0.15, -0.1) is 0 Å². The van der Waals surface area contributed by atoms with Crippen LogP contribution >= 0.6 is 0 Å². The number of hydrazine groups is 1. The lowest BCUT2D eigenvalue weighted by Gasteiger charge is -2.48. The topological polar surface area (TPSA) is 65.6 Å². The van der Waals surface area contributed by atoms with Crippen LogP contribution in [-0.2, 0) is 9.53 Å². The second kappa shape index (κ2) is 8.69. The molecule has 1 amide bonds. The van der Waals surface area contributed by atoms with Crippen molar-refractivity contribution in [2.45, 2.75) is 56.1 Å². The van der Waals surface area contributed by atoms with E-state index < -0.39 is 0 Å². The minimum absolute atomic E-state index is 0.110. The summed E-state index contributed by atoms with van der Waals surface area (Å²) in [7, 11) is 0. The van der Waals surface area contributed by atoms with E-state index in [4.69, 9.17) is 4.74 Å². The maximum atomic E-state index is 12.8. The Morgan fingerprint density at radius 3 is 2.59 bits per heavy atom. The Kier molecular flexibility index (Phi) is 6.08. The number of hydrogen-bond acceptors (Lipinski definition) is 5. The molecule has 0 aromatic heterocycles. The number of hydrogen-bond donors (Lipinski definition) is 3. The first-order valence-corrected chi connectivity index (χ1v) is 10.4. The van der Waals surface area contributed by atoms with E-state index in [2.05, 4.69) is 33.2 Å². The quantitative estimate of drug-likeness (QED) is 0.735. The highest BCUT2D eigenvalue weighted by molar-refractivity contribution is 5.82. The molecule has 27 heavy (non-hydrogen) atoms. The molecule has 3 fully saturated rings. The first kappa shape index (κ1) is 18.9. The van der Waals surface area contributed by atoms with Crippen LogP contribution in [0.25, 0.3) is 0 Å². The number of morpholine rings is 1. The molecule has 1 aliphatic carbocycles. The van der Waals surface area contributed by atoms with Crippen molar-refractivity contribution in [2.24, 2.45) is 0 Å². The zero-order valence-corrected chi connectivity index (χ0v) is 16.1. The van der Waals surface area contributed by atoms with E-state index in [1.54, 1.807) is 0 Å². The van der Waals surface area contributed by atoms with Gasteiger partial charge >= 0.3 is 0 Å². The molecule has 3 aliphatic rings. The molecule has 1 aromatic rings. The van der Waals surface area contributed by atoms with Gasteiger partial charge in [0, 0.05) is 31.2 Å². The summed E-state index contributed by atoms with van der Waals surface area (Å²) in [4.78, 5) is 15.4. The molecule has 148 valence electrons. The normalized spacial score (nSPS) is 28.7. The fourth-order valence-electron chi connectivity index (χ4n) is 4.86. The van der Waals surface area contributed by atoms with Crippen molar-refractivity contribution < 1.29 is 9.53 Å². The summed E-state index contributed by atoms with van der Waals surface area (Å²) in [6.45, 7) is 4.33. The number of amides is 1. The minimum atomic E-state index is -0.180. The maximum absolute atomic E-state index is 12.8.